The van der Waals surface area contributed by atoms with E-state index in [0.717, 1.165) is 5.56 Å². The van der Waals surface area contributed by atoms with Crippen LogP contribution in [0.25, 0.3) is 22.4 Å². The highest BCUT2D eigenvalue weighted by Gasteiger charge is 2.33. The number of aryl methyl sites for hydroxylation is 1. The Morgan fingerprint density at radius 1 is 1.00 bits per heavy atom. The summed E-state index contributed by atoms with van der Waals surface area (Å²) < 4.78 is 1.22. The maximum Gasteiger partial charge on any atom is 0.328 e. The van der Waals surface area contributed by atoms with Gasteiger partial charge in [-0.25, -0.2) is 9.48 Å². The number of amides is 1. The third-order valence-corrected chi connectivity index (χ3v) is 4.75. The van der Waals surface area contributed by atoms with Gasteiger partial charge in [-0.05, 0) is 26.3 Å². The minimum Gasteiger partial charge on any atom is -0.480 e. The fraction of sp³-hybridized carbons (Fsp3) is 0.217. The molecule has 0 radical (unpaired) electrons. The van der Waals surface area contributed by atoms with E-state index < -0.39 is 23.0 Å². The summed E-state index contributed by atoms with van der Waals surface area (Å²) in [5.74, 6) is -1.96. The van der Waals surface area contributed by atoms with Crippen LogP contribution in [0.5, 0.6) is 0 Å². The first-order chi connectivity index (χ1) is 14.3. The van der Waals surface area contributed by atoms with Crippen LogP contribution in [0.15, 0.2) is 65.5 Å². The molecule has 7 heteroatoms. The Hall–Kier alpha value is -3.74. The molecule has 0 saturated carbocycles. The largest absolute Gasteiger partial charge is 0.480 e. The van der Waals surface area contributed by atoms with E-state index in [1.165, 1.54) is 18.5 Å². The summed E-state index contributed by atoms with van der Waals surface area (Å²) in [6, 6.07) is 18.3. The number of aromatic nitrogens is 2. The first-order valence-corrected chi connectivity index (χ1v) is 9.58. The minimum absolute atomic E-state index is 0.133. The normalized spacial score (nSPS) is 11.2. The van der Waals surface area contributed by atoms with Crippen molar-refractivity contribution in [3.8, 4) is 22.4 Å². The number of benzene rings is 2. The molecule has 7 nitrogen and oxygen atoms in total. The van der Waals surface area contributed by atoms with Crippen LogP contribution in [0.1, 0.15) is 31.1 Å². The molecule has 0 unspecified atom stereocenters. The maximum absolute atomic E-state index is 13.2. The first kappa shape index (κ1) is 21.0. The molecule has 1 amide bonds. The van der Waals surface area contributed by atoms with Gasteiger partial charge in [0.1, 0.15) is 11.1 Å². The summed E-state index contributed by atoms with van der Waals surface area (Å²) in [6.07, 6.45) is 0. The number of hydrogen-bond donors (Lipinski definition) is 2. The number of carboxylic acids is 1. The topological polar surface area (TPSA) is 101 Å². The van der Waals surface area contributed by atoms with Crippen LogP contribution < -0.4 is 10.9 Å². The molecule has 0 bridgehead atoms. The third kappa shape index (κ3) is 4.00. The van der Waals surface area contributed by atoms with E-state index in [0.29, 0.717) is 16.8 Å². The first-order valence-electron chi connectivity index (χ1n) is 9.58. The molecule has 0 spiro atoms. The number of nitrogens with one attached hydrogen (secondary N) is 1. The Morgan fingerprint density at radius 3 is 2.03 bits per heavy atom. The van der Waals surface area contributed by atoms with Crippen molar-refractivity contribution in [3.05, 3.63) is 76.6 Å². The van der Waals surface area contributed by atoms with E-state index >= 15 is 0 Å². The van der Waals surface area contributed by atoms with Gasteiger partial charge >= 0.3 is 5.97 Å². The molecule has 1 heterocycles. The van der Waals surface area contributed by atoms with Gasteiger partial charge in [0.05, 0.1) is 5.69 Å². The number of aliphatic carboxylic acids is 1. The number of carbonyl (C=O) groups excluding carboxylic acids is 1. The fourth-order valence-electron chi connectivity index (χ4n) is 3.08. The summed E-state index contributed by atoms with van der Waals surface area (Å²) >= 11 is 0. The Labute approximate surface area is 174 Å². The monoisotopic (exact) mass is 405 g/mol. The molecule has 0 aliphatic heterocycles. The van der Waals surface area contributed by atoms with Crippen molar-refractivity contribution >= 4 is 11.9 Å². The minimum atomic E-state index is -1.55. The van der Waals surface area contributed by atoms with Gasteiger partial charge in [0.15, 0.2) is 0 Å². The molecule has 0 atom stereocenters. The van der Waals surface area contributed by atoms with Crippen LogP contribution >= 0.6 is 0 Å². The number of rotatable bonds is 6. The molecule has 3 rings (SSSR count). The number of carboxylic acid groups (broad SMARTS) is 1. The third-order valence-electron chi connectivity index (χ3n) is 4.75. The maximum atomic E-state index is 13.2. The summed E-state index contributed by atoms with van der Waals surface area (Å²) in [6.45, 7) is 4.75. The van der Waals surface area contributed by atoms with Crippen LogP contribution in [0.2, 0.25) is 0 Å². The summed E-state index contributed by atoms with van der Waals surface area (Å²) in [5.41, 5.74) is -0.0321. The molecule has 2 aromatic carbocycles. The average Bonchev–Trinajstić information content (AvgIpc) is 2.74. The lowest BCUT2D eigenvalue weighted by Gasteiger charge is -2.23. The van der Waals surface area contributed by atoms with Crippen LogP contribution in [0.3, 0.4) is 0 Å². The van der Waals surface area contributed by atoms with Gasteiger partial charge in [-0.1, -0.05) is 60.7 Å². The van der Waals surface area contributed by atoms with Gasteiger partial charge in [0, 0.05) is 17.7 Å². The molecular weight excluding hydrogens is 382 g/mol. The molecule has 1 aromatic heterocycles. The van der Waals surface area contributed by atoms with E-state index in [2.05, 4.69) is 10.4 Å². The van der Waals surface area contributed by atoms with Crippen molar-refractivity contribution in [2.45, 2.75) is 32.9 Å². The van der Waals surface area contributed by atoms with E-state index in [1.807, 2.05) is 36.4 Å². The predicted octanol–water partition coefficient (Wildman–Crippen LogP) is 3.19. The molecule has 30 heavy (non-hydrogen) atoms. The van der Waals surface area contributed by atoms with Gasteiger partial charge < -0.3 is 10.4 Å². The summed E-state index contributed by atoms with van der Waals surface area (Å²) in [5, 5.41) is 16.4. The van der Waals surface area contributed by atoms with Crippen molar-refractivity contribution in [2.24, 2.45) is 0 Å². The zero-order valence-corrected chi connectivity index (χ0v) is 17.0. The van der Waals surface area contributed by atoms with E-state index in [-0.39, 0.29) is 12.1 Å². The average molecular weight is 405 g/mol. The molecule has 154 valence electrons. The quantitative estimate of drug-likeness (QED) is 0.656. The van der Waals surface area contributed by atoms with Gasteiger partial charge in [-0.15, -0.1) is 0 Å². The van der Waals surface area contributed by atoms with Crippen molar-refractivity contribution in [1.82, 2.24) is 15.1 Å². The molecule has 0 aliphatic rings. The predicted molar refractivity (Wildman–Crippen MR) is 114 cm³/mol. The Kier molecular flexibility index (Phi) is 5.82. The van der Waals surface area contributed by atoms with Crippen LogP contribution in [-0.4, -0.2) is 32.3 Å². The van der Waals surface area contributed by atoms with Gasteiger partial charge in [-0.2, -0.15) is 5.10 Å². The highest BCUT2D eigenvalue weighted by molar-refractivity contribution is 6.05. The lowest BCUT2D eigenvalue weighted by Crippen LogP contribution is -2.51. The van der Waals surface area contributed by atoms with Crippen molar-refractivity contribution in [1.29, 1.82) is 0 Å². The second-order valence-electron chi connectivity index (χ2n) is 7.34. The van der Waals surface area contributed by atoms with E-state index in [9.17, 15) is 19.5 Å². The molecule has 0 fully saturated rings. The molecular formula is C23H23N3O4. The summed E-state index contributed by atoms with van der Waals surface area (Å²) in [7, 11) is 0. The standard InChI is InChI=1S/C23H23N3O4/c1-4-26-21(28)18(20(27)24-23(2,3)22(29)30)17(15-11-7-5-8-12-15)19(25-26)16-13-9-6-10-14-16/h5-14H,4H2,1-3H3,(H,24,27)(H,29,30). The smallest absolute Gasteiger partial charge is 0.328 e. The lowest BCUT2D eigenvalue weighted by molar-refractivity contribution is -0.143. The zero-order valence-electron chi connectivity index (χ0n) is 17.0. The van der Waals surface area contributed by atoms with E-state index in [4.69, 9.17) is 0 Å². The lowest BCUT2D eigenvalue weighted by atomic mass is 9.94. The highest BCUT2D eigenvalue weighted by Crippen LogP contribution is 2.32. The van der Waals surface area contributed by atoms with Crippen molar-refractivity contribution in [2.75, 3.05) is 0 Å². The Bertz CT molecular complexity index is 1140. The zero-order chi connectivity index (χ0) is 21.9. The molecule has 2 N–H and O–H groups in total. The van der Waals surface area contributed by atoms with Crippen LogP contribution in [0, 0.1) is 0 Å². The van der Waals surface area contributed by atoms with Crippen molar-refractivity contribution in [3.63, 3.8) is 0 Å². The van der Waals surface area contributed by atoms with Gasteiger partial charge in [-0.3, -0.25) is 9.59 Å². The SMILES string of the molecule is CCn1nc(-c2ccccc2)c(-c2ccccc2)c(C(=O)NC(C)(C)C(=O)O)c1=O. The fourth-order valence-corrected chi connectivity index (χ4v) is 3.08. The molecule has 0 aliphatic carbocycles. The van der Waals surface area contributed by atoms with Gasteiger partial charge in [0.2, 0.25) is 0 Å². The highest BCUT2D eigenvalue weighted by atomic mass is 16.4. The number of carbonyl (C=O) groups is 2. The Morgan fingerprint density at radius 2 is 1.53 bits per heavy atom. The molecule has 0 saturated heterocycles. The Balaban J connectivity index is 2.36. The number of hydrogen-bond acceptors (Lipinski definition) is 4. The second-order valence-corrected chi connectivity index (χ2v) is 7.34. The van der Waals surface area contributed by atoms with Gasteiger partial charge in [0.25, 0.3) is 11.5 Å². The number of nitrogens with zero attached hydrogens (tertiary/aromatic N) is 2. The van der Waals surface area contributed by atoms with E-state index in [1.54, 1.807) is 31.2 Å². The summed E-state index contributed by atoms with van der Waals surface area (Å²) in [4.78, 5) is 37.9. The van der Waals surface area contributed by atoms with Crippen LogP contribution in [0.4, 0.5) is 0 Å². The van der Waals surface area contributed by atoms with Crippen LogP contribution in [-0.2, 0) is 11.3 Å². The molecule has 3 aromatic rings. The second kappa shape index (κ2) is 8.32. The van der Waals surface area contributed by atoms with Crippen molar-refractivity contribution < 1.29 is 14.7 Å².